The average molecular weight is 350 g/mol. The van der Waals surface area contributed by atoms with Gasteiger partial charge in [-0.1, -0.05) is 36.4 Å². The molecule has 1 fully saturated rings. The Hall–Kier alpha value is -2.13. The van der Waals surface area contributed by atoms with Crippen molar-refractivity contribution < 1.29 is 4.39 Å². The van der Waals surface area contributed by atoms with Gasteiger partial charge in [-0.3, -0.25) is 9.29 Å². The molecule has 0 aliphatic carbocycles. The molecule has 3 heteroatoms. The summed E-state index contributed by atoms with van der Waals surface area (Å²) >= 11 is 0. The molecular weight excluding hydrogens is 323 g/mol. The normalized spacial score (nSPS) is 21.3. The number of nitrogens with one attached hydrogen (secondary N) is 1. The van der Waals surface area contributed by atoms with Crippen LogP contribution in [0.5, 0.6) is 0 Å². The number of benzene rings is 2. The Morgan fingerprint density at radius 1 is 1.12 bits per heavy atom. The molecule has 2 heterocycles. The maximum absolute atomic E-state index is 13.4. The van der Waals surface area contributed by atoms with Gasteiger partial charge in [0.25, 0.3) is 0 Å². The van der Waals surface area contributed by atoms with Gasteiger partial charge < -0.3 is 4.98 Å². The van der Waals surface area contributed by atoms with Gasteiger partial charge in [0.05, 0.1) is 6.67 Å². The smallest absolute Gasteiger partial charge is 0.0923 e. The lowest BCUT2D eigenvalue weighted by Crippen LogP contribution is -2.37. The zero-order valence-electron chi connectivity index (χ0n) is 15.6. The third kappa shape index (κ3) is 3.16. The molecule has 1 N–H and O–H groups in total. The van der Waals surface area contributed by atoms with Gasteiger partial charge in [-0.2, -0.15) is 0 Å². The van der Waals surface area contributed by atoms with E-state index in [-0.39, 0.29) is 12.6 Å². The first-order chi connectivity index (χ1) is 12.7. The zero-order valence-corrected chi connectivity index (χ0v) is 15.6. The van der Waals surface area contributed by atoms with E-state index >= 15 is 0 Å². The van der Waals surface area contributed by atoms with Crippen molar-refractivity contribution in [2.75, 3.05) is 13.2 Å². The monoisotopic (exact) mass is 350 g/mol. The minimum atomic E-state index is -0.206. The van der Waals surface area contributed by atoms with Gasteiger partial charge in [0.2, 0.25) is 0 Å². The van der Waals surface area contributed by atoms with E-state index in [1.807, 2.05) is 6.20 Å². The summed E-state index contributed by atoms with van der Waals surface area (Å²) < 4.78 is 13.4. The summed E-state index contributed by atoms with van der Waals surface area (Å²) in [5.41, 5.74) is 6.57. The summed E-state index contributed by atoms with van der Waals surface area (Å²) in [6, 6.07) is 15.4. The van der Waals surface area contributed by atoms with Crippen LogP contribution in [0.15, 0.2) is 48.7 Å². The Labute approximate surface area is 155 Å². The summed E-state index contributed by atoms with van der Waals surface area (Å²) in [7, 11) is 0. The molecule has 1 saturated heterocycles. The molecule has 1 aromatic heterocycles. The number of rotatable bonds is 4. The van der Waals surface area contributed by atoms with Crippen molar-refractivity contribution in [3.05, 3.63) is 70.9 Å². The van der Waals surface area contributed by atoms with Gasteiger partial charge in [-0.25, -0.2) is 0 Å². The maximum atomic E-state index is 13.4. The van der Waals surface area contributed by atoms with Crippen LogP contribution in [0.1, 0.15) is 41.1 Å². The number of H-pyrrole nitrogens is 1. The Balaban J connectivity index is 1.69. The average Bonchev–Trinajstić information content (AvgIpc) is 3.16. The molecule has 0 bridgehead atoms. The first-order valence-electron chi connectivity index (χ1n) is 9.58. The molecule has 2 nitrogen and oxygen atoms in total. The summed E-state index contributed by atoms with van der Waals surface area (Å²) in [4.78, 5) is 5.93. The summed E-state index contributed by atoms with van der Waals surface area (Å²) in [5.74, 6) is 0.183. The van der Waals surface area contributed by atoms with E-state index in [0.717, 1.165) is 25.9 Å². The molecule has 1 aliphatic rings. The fourth-order valence-corrected chi connectivity index (χ4v) is 4.49. The number of aryl methyl sites for hydroxylation is 2. The summed E-state index contributed by atoms with van der Waals surface area (Å²) in [5, 5.41) is 1.32. The first-order valence-corrected chi connectivity index (χ1v) is 9.58. The van der Waals surface area contributed by atoms with Crippen molar-refractivity contribution in [1.29, 1.82) is 0 Å². The van der Waals surface area contributed by atoms with E-state index in [2.05, 4.69) is 66.2 Å². The van der Waals surface area contributed by atoms with Crippen molar-refractivity contribution in [1.82, 2.24) is 9.88 Å². The van der Waals surface area contributed by atoms with Crippen molar-refractivity contribution in [2.24, 2.45) is 5.92 Å². The number of fused-ring (bicyclic) bond motifs is 1. The molecule has 2 unspecified atom stereocenters. The van der Waals surface area contributed by atoms with Crippen LogP contribution < -0.4 is 0 Å². The fraction of sp³-hybridized carbons (Fsp3) is 0.391. The standard InChI is InChI=1S/C23H27FN2/c1-16-12-17(2)23-20(8-10-25-23)21(16)15-26-11-9-18(14-24)13-22(26)19-6-4-3-5-7-19/h3-8,10,12,18,22,25H,9,11,13-15H2,1-2H3. The molecule has 3 aromatic rings. The Morgan fingerprint density at radius 2 is 1.92 bits per heavy atom. The van der Waals surface area contributed by atoms with Crippen LogP contribution in [-0.4, -0.2) is 23.1 Å². The number of halogens is 1. The molecule has 0 saturated carbocycles. The van der Waals surface area contributed by atoms with Gasteiger partial charge in [-0.05, 0) is 67.5 Å². The maximum Gasteiger partial charge on any atom is 0.0923 e. The molecule has 1 aliphatic heterocycles. The number of likely N-dealkylation sites (tertiary alicyclic amines) is 1. The SMILES string of the molecule is Cc1cc(C)c2[nH]ccc2c1CN1CCC(CF)CC1c1ccccc1. The number of hydrogen-bond acceptors (Lipinski definition) is 1. The molecule has 0 radical (unpaired) electrons. The molecule has 2 aromatic carbocycles. The van der Waals surface area contributed by atoms with E-state index in [0.29, 0.717) is 6.04 Å². The molecule has 0 amide bonds. The fourth-order valence-electron chi connectivity index (χ4n) is 4.49. The second kappa shape index (κ2) is 7.24. The van der Waals surface area contributed by atoms with E-state index in [9.17, 15) is 4.39 Å². The second-order valence-corrected chi connectivity index (χ2v) is 7.70. The molecule has 0 spiro atoms. The molecule has 2 atom stereocenters. The molecule has 26 heavy (non-hydrogen) atoms. The van der Waals surface area contributed by atoms with E-state index in [1.54, 1.807) is 0 Å². The van der Waals surface area contributed by atoms with Crippen LogP contribution in [-0.2, 0) is 6.54 Å². The first kappa shape index (κ1) is 17.3. The minimum absolute atomic E-state index is 0.183. The Kier molecular flexibility index (Phi) is 4.82. The number of hydrogen-bond donors (Lipinski definition) is 1. The lowest BCUT2D eigenvalue weighted by atomic mass is 9.87. The predicted octanol–water partition coefficient (Wildman–Crippen LogP) is 5.71. The van der Waals surface area contributed by atoms with Crippen LogP contribution in [0.25, 0.3) is 10.9 Å². The van der Waals surface area contributed by atoms with E-state index in [1.165, 1.54) is 33.2 Å². The largest absolute Gasteiger partial charge is 0.361 e. The number of aromatic amines is 1. The molecule has 4 rings (SSSR count). The highest BCUT2D eigenvalue weighted by atomic mass is 19.1. The third-order valence-corrected chi connectivity index (χ3v) is 5.96. The highest BCUT2D eigenvalue weighted by molar-refractivity contribution is 5.86. The van der Waals surface area contributed by atoms with Gasteiger partial charge >= 0.3 is 0 Å². The van der Waals surface area contributed by atoms with E-state index < -0.39 is 0 Å². The summed E-state index contributed by atoms with van der Waals surface area (Å²) in [6.07, 6.45) is 3.88. The third-order valence-electron chi connectivity index (χ3n) is 5.96. The van der Waals surface area contributed by atoms with Crippen molar-refractivity contribution >= 4 is 10.9 Å². The highest BCUT2D eigenvalue weighted by Crippen LogP contribution is 2.37. The van der Waals surface area contributed by atoms with Crippen LogP contribution in [0.3, 0.4) is 0 Å². The Morgan fingerprint density at radius 3 is 2.69 bits per heavy atom. The van der Waals surface area contributed by atoms with E-state index in [4.69, 9.17) is 0 Å². The van der Waals surface area contributed by atoms with Crippen LogP contribution in [0.2, 0.25) is 0 Å². The van der Waals surface area contributed by atoms with Gasteiger partial charge in [-0.15, -0.1) is 0 Å². The lowest BCUT2D eigenvalue weighted by Gasteiger charge is -2.39. The molecule has 136 valence electrons. The number of alkyl halides is 1. The second-order valence-electron chi connectivity index (χ2n) is 7.70. The lowest BCUT2D eigenvalue weighted by molar-refractivity contribution is 0.0932. The topological polar surface area (TPSA) is 19.0 Å². The van der Waals surface area contributed by atoms with Gasteiger partial charge in [0.1, 0.15) is 0 Å². The van der Waals surface area contributed by atoms with Gasteiger partial charge in [0.15, 0.2) is 0 Å². The molecular formula is C23H27FN2. The van der Waals surface area contributed by atoms with Crippen LogP contribution >= 0.6 is 0 Å². The quantitative estimate of drug-likeness (QED) is 0.639. The number of aromatic nitrogens is 1. The number of piperidine rings is 1. The van der Waals surface area contributed by atoms with Crippen molar-refractivity contribution in [3.63, 3.8) is 0 Å². The Bertz CT molecular complexity index is 884. The van der Waals surface area contributed by atoms with Crippen molar-refractivity contribution in [3.8, 4) is 0 Å². The summed E-state index contributed by atoms with van der Waals surface area (Å²) in [6.45, 7) is 6.03. The van der Waals surface area contributed by atoms with Crippen molar-refractivity contribution in [2.45, 2.75) is 39.3 Å². The van der Waals surface area contributed by atoms with Gasteiger partial charge in [0, 0.05) is 29.7 Å². The number of nitrogens with zero attached hydrogens (tertiary/aromatic N) is 1. The highest BCUT2D eigenvalue weighted by Gasteiger charge is 2.30. The minimum Gasteiger partial charge on any atom is -0.361 e. The zero-order chi connectivity index (χ0) is 18.1. The van der Waals surface area contributed by atoms with Crippen LogP contribution in [0, 0.1) is 19.8 Å². The van der Waals surface area contributed by atoms with Crippen LogP contribution in [0.4, 0.5) is 4.39 Å². The predicted molar refractivity (Wildman–Crippen MR) is 106 cm³/mol.